The maximum atomic E-state index is 5.01. The summed E-state index contributed by atoms with van der Waals surface area (Å²) < 4.78 is 2.42. The zero-order valence-corrected chi connectivity index (χ0v) is 26.3. The van der Waals surface area contributed by atoms with Gasteiger partial charge in [-0.2, -0.15) is 0 Å². The Labute approximate surface area is 257 Å². The van der Waals surface area contributed by atoms with E-state index in [9.17, 15) is 0 Å². The molecule has 2 aliphatic carbocycles. The van der Waals surface area contributed by atoms with Gasteiger partial charge >= 0.3 is 0 Å². The summed E-state index contributed by atoms with van der Waals surface area (Å²) in [5.74, 6) is 2.31. The quantitative estimate of drug-likeness (QED) is 0.171. The Morgan fingerprint density at radius 3 is 2.54 bits per heavy atom. The van der Waals surface area contributed by atoms with E-state index < -0.39 is 0 Å². The Balaban J connectivity index is 0.000000162. The van der Waals surface area contributed by atoms with Crippen molar-refractivity contribution in [3.05, 3.63) is 114 Å². The first-order valence-electron chi connectivity index (χ1n) is 14.7. The number of hydrogen-bond acceptors (Lipinski definition) is 2. The van der Waals surface area contributed by atoms with Crippen molar-refractivity contribution in [2.45, 2.75) is 64.3 Å². The van der Waals surface area contributed by atoms with Crippen LogP contribution in [0.1, 0.15) is 69.1 Å². The van der Waals surface area contributed by atoms with E-state index >= 15 is 0 Å². The summed E-state index contributed by atoms with van der Waals surface area (Å²) in [5.41, 5.74) is 11.3. The predicted molar refractivity (Wildman–Crippen MR) is 164 cm³/mol. The largest absolute Gasteiger partial charge is 0.355 e. The van der Waals surface area contributed by atoms with Crippen molar-refractivity contribution in [3.63, 3.8) is 0 Å². The molecule has 2 aromatic heterocycles. The van der Waals surface area contributed by atoms with Crippen molar-refractivity contribution < 1.29 is 20.1 Å². The minimum Gasteiger partial charge on any atom is -0.355 e. The van der Waals surface area contributed by atoms with E-state index in [4.69, 9.17) is 4.98 Å². The number of benzene rings is 3. The van der Waals surface area contributed by atoms with E-state index in [0.29, 0.717) is 11.8 Å². The summed E-state index contributed by atoms with van der Waals surface area (Å²) in [5, 5.41) is 0. The van der Waals surface area contributed by atoms with Crippen molar-refractivity contribution in [3.8, 4) is 22.6 Å². The number of rotatable bonds is 2. The van der Waals surface area contributed by atoms with E-state index in [1.165, 1.54) is 53.5 Å². The molecule has 3 heterocycles. The molecule has 1 atom stereocenters. The molecular formula is C37H35IrN3-2. The summed E-state index contributed by atoms with van der Waals surface area (Å²) in [4.78, 5) is 9.47. The van der Waals surface area contributed by atoms with Gasteiger partial charge in [0.1, 0.15) is 0 Å². The third kappa shape index (κ3) is 4.92. The van der Waals surface area contributed by atoms with Crippen LogP contribution in [0.2, 0.25) is 0 Å². The molecule has 3 aliphatic rings. The SMILES string of the molecule is CC1(C)C=C(C2CCCC2)c2cccc3nc(-c4[c-]cccc4)n1c23.CC1Cc2cccnc2-c2[c-]cccc21.[Ir]. The van der Waals surface area contributed by atoms with Gasteiger partial charge in [0.25, 0.3) is 0 Å². The van der Waals surface area contributed by atoms with Gasteiger partial charge in [0.15, 0.2) is 0 Å². The first-order chi connectivity index (χ1) is 19.5. The monoisotopic (exact) mass is 714 g/mol. The summed E-state index contributed by atoms with van der Waals surface area (Å²) in [6.07, 6.45) is 10.8. The van der Waals surface area contributed by atoms with E-state index in [1.807, 2.05) is 30.5 Å². The third-order valence-electron chi connectivity index (χ3n) is 8.89. The third-order valence-corrected chi connectivity index (χ3v) is 8.89. The summed E-state index contributed by atoms with van der Waals surface area (Å²) >= 11 is 0. The first-order valence-corrected chi connectivity index (χ1v) is 14.7. The molecule has 3 aromatic carbocycles. The molecule has 8 rings (SSSR count). The molecule has 1 fully saturated rings. The average molecular weight is 714 g/mol. The molecule has 1 aliphatic heterocycles. The van der Waals surface area contributed by atoms with Gasteiger partial charge in [0.05, 0.1) is 22.4 Å². The molecule has 0 saturated heterocycles. The van der Waals surface area contributed by atoms with Crippen molar-refractivity contribution in [1.82, 2.24) is 14.5 Å². The van der Waals surface area contributed by atoms with E-state index in [1.54, 1.807) is 5.57 Å². The zero-order valence-electron chi connectivity index (χ0n) is 23.9. The standard InChI is InChI=1S/C23H23N2.C14H12N.Ir/c1-23(2)15-19(16-9-6-7-10-16)18-13-8-14-20-21(18)25(23)22(24-20)17-11-4-3-5-12-17;1-10-9-11-5-4-8-15-14(11)13-7-3-2-6-12(10)13;/h3-5,8,11,13-16H,6-7,9-10H2,1-2H3;2-6,8,10H,9H2,1H3;/q2*-1;. The van der Waals surface area contributed by atoms with E-state index in [-0.39, 0.29) is 25.6 Å². The maximum Gasteiger partial charge on any atom is 0.0777 e. The average Bonchev–Trinajstić information content (AvgIpc) is 3.66. The number of allylic oxidation sites excluding steroid dienone is 2. The van der Waals surface area contributed by atoms with Crippen LogP contribution in [0.5, 0.6) is 0 Å². The van der Waals surface area contributed by atoms with Crippen LogP contribution < -0.4 is 0 Å². The molecule has 4 heteroatoms. The topological polar surface area (TPSA) is 30.7 Å². The van der Waals surface area contributed by atoms with Gasteiger partial charge in [0, 0.05) is 31.9 Å². The van der Waals surface area contributed by atoms with Crippen LogP contribution in [-0.4, -0.2) is 14.5 Å². The molecule has 5 aromatic rings. The molecule has 1 radical (unpaired) electrons. The minimum absolute atomic E-state index is 0. The smallest absolute Gasteiger partial charge is 0.0777 e. The van der Waals surface area contributed by atoms with Gasteiger partial charge in [-0.15, -0.1) is 71.3 Å². The second-order valence-electron chi connectivity index (χ2n) is 12.1. The fraction of sp³-hybridized carbons (Fsp3) is 0.297. The molecule has 3 nitrogen and oxygen atoms in total. The van der Waals surface area contributed by atoms with E-state index in [2.05, 4.69) is 97.1 Å². The van der Waals surface area contributed by atoms with Gasteiger partial charge in [0.2, 0.25) is 0 Å². The number of imidazole rings is 1. The molecule has 0 bridgehead atoms. The van der Waals surface area contributed by atoms with Crippen LogP contribution in [0, 0.1) is 18.1 Å². The van der Waals surface area contributed by atoms with Crippen LogP contribution in [0.25, 0.3) is 39.3 Å². The fourth-order valence-corrected chi connectivity index (χ4v) is 7.07. The van der Waals surface area contributed by atoms with Crippen LogP contribution in [0.3, 0.4) is 0 Å². The Morgan fingerprint density at radius 1 is 0.902 bits per heavy atom. The first kappa shape index (κ1) is 27.8. The fourth-order valence-electron chi connectivity index (χ4n) is 7.07. The number of aromatic nitrogens is 3. The molecule has 0 spiro atoms. The molecular weight excluding hydrogens is 679 g/mol. The Bertz CT molecular complexity index is 1720. The van der Waals surface area contributed by atoms with Crippen molar-refractivity contribution in [2.75, 3.05) is 0 Å². The van der Waals surface area contributed by atoms with Gasteiger partial charge in [-0.05, 0) is 62.4 Å². The maximum absolute atomic E-state index is 5.01. The van der Waals surface area contributed by atoms with Crippen LogP contribution >= 0.6 is 0 Å². The van der Waals surface area contributed by atoms with Gasteiger partial charge in [-0.1, -0.05) is 55.5 Å². The van der Waals surface area contributed by atoms with Gasteiger partial charge < -0.3 is 9.55 Å². The Morgan fingerprint density at radius 2 is 1.73 bits per heavy atom. The van der Waals surface area contributed by atoms with Gasteiger partial charge in [-0.25, -0.2) is 0 Å². The van der Waals surface area contributed by atoms with Crippen LogP contribution in [0.4, 0.5) is 0 Å². The van der Waals surface area contributed by atoms with E-state index in [0.717, 1.165) is 29.0 Å². The number of para-hydroxylation sites is 1. The minimum atomic E-state index is -0.0833. The van der Waals surface area contributed by atoms with Gasteiger partial charge in [-0.3, -0.25) is 4.98 Å². The van der Waals surface area contributed by atoms with Crippen molar-refractivity contribution in [2.24, 2.45) is 5.92 Å². The summed E-state index contributed by atoms with van der Waals surface area (Å²) in [6, 6.07) is 31.8. The molecule has 209 valence electrons. The number of pyridine rings is 1. The Hall–Kier alpha value is -3.33. The summed E-state index contributed by atoms with van der Waals surface area (Å²) in [6.45, 7) is 6.89. The van der Waals surface area contributed by atoms with Crippen molar-refractivity contribution >= 4 is 16.6 Å². The Kier molecular flexibility index (Phi) is 7.57. The molecule has 1 saturated carbocycles. The molecule has 1 unspecified atom stereocenters. The second-order valence-corrected chi connectivity index (χ2v) is 12.1. The predicted octanol–water partition coefficient (Wildman–Crippen LogP) is 9.03. The number of nitrogens with zero attached hydrogens (tertiary/aromatic N) is 3. The number of fused-ring (bicyclic) bond motifs is 3. The number of hydrogen-bond donors (Lipinski definition) is 0. The van der Waals surface area contributed by atoms with Crippen LogP contribution in [-0.2, 0) is 32.1 Å². The molecule has 0 amide bonds. The molecule has 41 heavy (non-hydrogen) atoms. The zero-order chi connectivity index (χ0) is 27.3. The second kappa shape index (κ2) is 11.2. The molecule has 0 N–H and O–H groups in total. The van der Waals surface area contributed by atoms with Crippen molar-refractivity contribution in [1.29, 1.82) is 0 Å². The summed E-state index contributed by atoms with van der Waals surface area (Å²) in [7, 11) is 0. The van der Waals surface area contributed by atoms with Crippen LogP contribution in [0.15, 0.2) is 85.1 Å². The normalized spacial score (nSPS) is 18.4.